The molecular formula is C21H23N3O2. The molecule has 3 aromatic rings. The molecule has 0 atom stereocenters. The molecule has 2 aromatic carbocycles. The van der Waals surface area contributed by atoms with Crippen LogP contribution >= 0.6 is 0 Å². The van der Waals surface area contributed by atoms with Gasteiger partial charge in [-0.05, 0) is 37.3 Å². The van der Waals surface area contributed by atoms with Gasteiger partial charge in [0.25, 0.3) is 5.91 Å². The van der Waals surface area contributed by atoms with Crippen molar-refractivity contribution >= 4 is 16.9 Å². The lowest BCUT2D eigenvalue weighted by Crippen LogP contribution is -2.26. The minimum Gasteiger partial charge on any atom is -0.497 e. The predicted octanol–water partition coefficient (Wildman–Crippen LogP) is 3.59. The van der Waals surface area contributed by atoms with E-state index in [9.17, 15) is 4.79 Å². The number of hydrogen-bond acceptors (Lipinski definition) is 3. The van der Waals surface area contributed by atoms with E-state index in [-0.39, 0.29) is 5.91 Å². The summed E-state index contributed by atoms with van der Waals surface area (Å²) >= 11 is 0. The van der Waals surface area contributed by atoms with Crippen LogP contribution in [0.2, 0.25) is 0 Å². The number of amides is 1. The van der Waals surface area contributed by atoms with Crippen LogP contribution < -0.4 is 10.1 Å². The molecule has 0 saturated heterocycles. The van der Waals surface area contributed by atoms with Crippen molar-refractivity contribution in [2.24, 2.45) is 0 Å². The van der Waals surface area contributed by atoms with Crippen LogP contribution in [0.4, 0.5) is 0 Å². The zero-order valence-electron chi connectivity index (χ0n) is 15.2. The largest absolute Gasteiger partial charge is 0.497 e. The van der Waals surface area contributed by atoms with Crippen LogP contribution in [-0.2, 0) is 13.0 Å². The normalized spacial score (nSPS) is 10.7. The van der Waals surface area contributed by atoms with Gasteiger partial charge in [0.05, 0.1) is 18.1 Å². The number of hydrogen-bond donors (Lipinski definition) is 1. The predicted molar refractivity (Wildman–Crippen MR) is 104 cm³/mol. The van der Waals surface area contributed by atoms with E-state index >= 15 is 0 Å². The molecule has 134 valence electrons. The Balaban J connectivity index is 1.71. The van der Waals surface area contributed by atoms with Crippen LogP contribution in [0.3, 0.4) is 0 Å². The van der Waals surface area contributed by atoms with Gasteiger partial charge in [-0.1, -0.05) is 30.4 Å². The van der Waals surface area contributed by atoms with Gasteiger partial charge in [0, 0.05) is 25.1 Å². The third-order valence-corrected chi connectivity index (χ3v) is 4.13. The first-order valence-electron chi connectivity index (χ1n) is 8.59. The molecule has 0 saturated carbocycles. The standard InChI is InChI=1S/C21H23N3O2/c1-15(2)14-24-19-10-5-4-9-18(19)23-20(24)11-12-22-21(25)16-7-6-8-17(13-16)26-3/h4-10,13H,1,11-12,14H2,2-3H3,(H,22,25). The lowest BCUT2D eigenvalue weighted by Gasteiger charge is -2.10. The summed E-state index contributed by atoms with van der Waals surface area (Å²) in [5.74, 6) is 1.49. The number of imidazole rings is 1. The quantitative estimate of drug-likeness (QED) is 0.663. The molecule has 0 fully saturated rings. The Hall–Kier alpha value is -3.08. The van der Waals surface area contributed by atoms with Gasteiger partial charge in [-0.3, -0.25) is 4.79 Å². The number of aromatic nitrogens is 2. The van der Waals surface area contributed by atoms with Crippen LogP contribution in [0.15, 0.2) is 60.7 Å². The minimum absolute atomic E-state index is 0.119. The fourth-order valence-corrected chi connectivity index (χ4v) is 2.92. The van der Waals surface area contributed by atoms with Crippen molar-refractivity contribution in [2.45, 2.75) is 19.9 Å². The number of methoxy groups -OCH3 is 1. The molecule has 0 aliphatic heterocycles. The molecule has 5 heteroatoms. The highest BCUT2D eigenvalue weighted by molar-refractivity contribution is 5.94. The number of para-hydroxylation sites is 2. The van der Waals surface area contributed by atoms with E-state index in [4.69, 9.17) is 9.72 Å². The number of carbonyl (C=O) groups excluding carboxylic acids is 1. The monoisotopic (exact) mass is 349 g/mol. The summed E-state index contributed by atoms with van der Waals surface area (Å²) in [6.45, 7) is 7.25. The molecule has 5 nitrogen and oxygen atoms in total. The Morgan fingerprint density at radius 3 is 2.81 bits per heavy atom. The number of fused-ring (bicyclic) bond motifs is 1. The lowest BCUT2D eigenvalue weighted by molar-refractivity contribution is 0.0953. The number of carbonyl (C=O) groups is 1. The molecule has 1 heterocycles. The number of ether oxygens (including phenoxy) is 1. The van der Waals surface area contributed by atoms with Crippen LogP contribution in [0, 0.1) is 0 Å². The first kappa shape index (κ1) is 17.7. The van der Waals surface area contributed by atoms with Crippen LogP contribution in [0.5, 0.6) is 5.75 Å². The highest BCUT2D eigenvalue weighted by atomic mass is 16.5. The Morgan fingerprint density at radius 2 is 2.04 bits per heavy atom. The third-order valence-electron chi connectivity index (χ3n) is 4.13. The summed E-state index contributed by atoms with van der Waals surface area (Å²) in [7, 11) is 1.59. The van der Waals surface area contributed by atoms with Crippen molar-refractivity contribution < 1.29 is 9.53 Å². The maximum Gasteiger partial charge on any atom is 0.251 e. The first-order chi connectivity index (χ1) is 12.6. The van der Waals surface area contributed by atoms with Crippen LogP contribution in [0.25, 0.3) is 11.0 Å². The van der Waals surface area contributed by atoms with Gasteiger partial charge in [-0.2, -0.15) is 0 Å². The van der Waals surface area contributed by atoms with E-state index in [2.05, 4.69) is 22.5 Å². The molecule has 0 radical (unpaired) electrons. The Bertz CT molecular complexity index is 943. The summed E-state index contributed by atoms with van der Waals surface area (Å²) in [5, 5.41) is 2.95. The van der Waals surface area contributed by atoms with Crippen molar-refractivity contribution in [3.05, 3.63) is 72.1 Å². The topological polar surface area (TPSA) is 56.2 Å². The van der Waals surface area contributed by atoms with Crippen molar-refractivity contribution in [2.75, 3.05) is 13.7 Å². The Labute approximate surface area is 153 Å². The molecule has 26 heavy (non-hydrogen) atoms. The Kier molecular flexibility index (Phi) is 5.37. The van der Waals surface area contributed by atoms with Gasteiger partial charge < -0.3 is 14.6 Å². The summed E-state index contributed by atoms with van der Waals surface area (Å²) in [5.41, 5.74) is 3.70. The molecule has 3 rings (SSSR count). The number of allylic oxidation sites excluding steroid dienone is 1. The van der Waals surface area contributed by atoms with E-state index < -0.39 is 0 Å². The number of nitrogens with zero attached hydrogens (tertiary/aromatic N) is 2. The van der Waals surface area contributed by atoms with Gasteiger partial charge in [0.1, 0.15) is 11.6 Å². The first-order valence-corrected chi connectivity index (χ1v) is 8.59. The lowest BCUT2D eigenvalue weighted by atomic mass is 10.2. The van der Waals surface area contributed by atoms with E-state index in [0.29, 0.717) is 24.3 Å². The number of benzene rings is 2. The summed E-state index contributed by atoms with van der Waals surface area (Å²) in [4.78, 5) is 17.0. The third kappa shape index (κ3) is 3.94. The SMILES string of the molecule is C=C(C)Cn1c(CCNC(=O)c2cccc(OC)c2)nc2ccccc21. The smallest absolute Gasteiger partial charge is 0.251 e. The maximum atomic E-state index is 12.3. The molecule has 0 unspecified atom stereocenters. The zero-order chi connectivity index (χ0) is 18.5. The zero-order valence-corrected chi connectivity index (χ0v) is 15.2. The number of rotatable bonds is 7. The van der Waals surface area contributed by atoms with E-state index in [0.717, 1.165) is 29.0 Å². The summed E-state index contributed by atoms with van der Waals surface area (Å²) in [6, 6.07) is 15.2. The van der Waals surface area contributed by atoms with Crippen molar-refractivity contribution in [1.82, 2.24) is 14.9 Å². The van der Waals surface area contributed by atoms with Gasteiger partial charge in [-0.25, -0.2) is 4.98 Å². The van der Waals surface area contributed by atoms with Gasteiger partial charge in [-0.15, -0.1) is 0 Å². The molecule has 0 aliphatic rings. The molecule has 1 amide bonds. The summed E-state index contributed by atoms with van der Waals surface area (Å²) < 4.78 is 7.33. The van der Waals surface area contributed by atoms with Crippen LogP contribution in [-0.4, -0.2) is 29.1 Å². The molecule has 0 spiro atoms. The number of nitrogens with one attached hydrogen (secondary N) is 1. The van der Waals surface area contributed by atoms with E-state index in [1.54, 1.807) is 25.3 Å². The average molecular weight is 349 g/mol. The molecule has 0 bridgehead atoms. The maximum absolute atomic E-state index is 12.3. The van der Waals surface area contributed by atoms with E-state index in [1.807, 2.05) is 31.2 Å². The molecule has 0 aliphatic carbocycles. The van der Waals surface area contributed by atoms with Crippen molar-refractivity contribution in [1.29, 1.82) is 0 Å². The fourth-order valence-electron chi connectivity index (χ4n) is 2.92. The summed E-state index contributed by atoms with van der Waals surface area (Å²) in [6.07, 6.45) is 0.650. The molecular weight excluding hydrogens is 326 g/mol. The van der Waals surface area contributed by atoms with Gasteiger partial charge in [0.2, 0.25) is 0 Å². The highest BCUT2D eigenvalue weighted by Gasteiger charge is 2.11. The highest BCUT2D eigenvalue weighted by Crippen LogP contribution is 2.18. The minimum atomic E-state index is -0.119. The second kappa shape index (κ2) is 7.87. The second-order valence-corrected chi connectivity index (χ2v) is 6.30. The second-order valence-electron chi connectivity index (χ2n) is 6.30. The van der Waals surface area contributed by atoms with Gasteiger partial charge >= 0.3 is 0 Å². The molecule has 1 N–H and O–H groups in total. The fraction of sp³-hybridized carbons (Fsp3) is 0.238. The van der Waals surface area contributed by atoms with Crippen LogP contribution in [0.1, 0.15) is 23.1 Å². The van der Waals surface area contributed by atoms with Crippen molar-refractivity contribution in [3.8, 4) is 5.75 Å². The Morgan fingerprint density at radius 1 is 1.23 bits per heavy atom. The van der Waals surface area contributed by atoms with Crippen molar-refractivity contribution in [3.63, 3.8) is 0 Å². The average Bonchev–Trinajstić information content (AvgIpc) is 2.99. The molecule has 1 aromatic heterocycles. The van der Waals surface area contributed by atoms with E-state index in [1.165, 1.54) is 0 Å². The van der Waals surface area contributed by atoms with Gasteiger partial charge in [0.15, 0.2) is 0 Å².